The number of amides is 1. The lowest BCUT2D eigenvalue weighted by atomic mass is 10.1. The number of hydrogen-bond acceptors (Lipinski definition) is 4. The molecular weight excluding hydrogens is 330 g/mol. The van der Waals surface area contributed by atoms with Crippen molar-refractivity contribution in [2.24, 2.45) is 0 Å². The first kappa shape index (κ1) is 19.8. The van der Waals surface area contributed by atoms with Gasteiger partial charge in [0.05, 0.1) is 6.61 Å². The molecule has 140 valence electrons. The molecule has 1 amide bonds. The van der Waals surface area contributed by atoms with Gasteiger partial charge in [-0.1, -0.05) is 43.7 Å². The van der Waals surface area contributed by atoms with Gasteiger partial charge in [-0.25, -0.2) is 4.79 Å². The lowest BCUT2D eigenvalue weighted by Crippen LogP contribution is -2.21. The van der Waals surface area contributed by atoms with E-state index < -0.39 is 12.4 Å². The second-order valence-corrected chi connectivity index (χ2v) is 5.93. The van der Waals surface area contributed by atoms with Crippen LogP contribution in [0.5, 0.6) is 5.75 Å². The van der Waals surface area contributed by atoms with Gasteiger partial charge in [-0.05, 0) is 49.6 Å². The number of ether oxygens (including phenoxy) is 3. The lowest BCUT2D eigenvalue weighted by Gasteiger charge is -2.16. The molecule has 0 aliphatic heterocycles. The normalized spacial score (nSPS) is 11.6. The minimum atomic E-state index is -0.504. The highest BCUT2D eigenvalue weighted by Gasteiger charge is 2.06. The van der Waals surface area contributed by atoms with Crippen molar-refractivity contribution in [2.75, 3.05) is 18.5 Å². The van der Waals surface area contributed by atoms with E-state index in [-0.39, 0.29) is 13.2 Å². The summed E-state index contributed by atoms with van der Waals surface area (Å²) in [5, 5.41) is 2.64. The topological polar surface area (TPSA) is 56.8 Å². The third kappa shape index (κ3) is 7.57. The Morgan fingerprint density at radius 2 is 1.77 bits per heavy atom. The van der Waals surface area contributed by atoms with Crippen LogP contribution in [0, 0.1) is 0 Å². The van der Waals surface area contributed by atoms with Crippen LogP contribution in [-0.2, 0) is 15.9 Å². The van der Waals surface area contributed by atoms with Crippen LogP contribution in [0.15, 0.2) is 54.6 Å². The SMILES string of the molecule is CCCCc1ccc(OC(C)OCCOC(=O)Nc2ccccc2)cc1. The summed E-state index contributed by atoms with van der Waals surface area (Å²) in [6.07, 6.45) is 2.55. The van der Waals surface area contributed by atoms with Crippen molar-refractivity contribution in [3.8, 4) is 5.75 Å². The van der Waals surface area contributed by atoms with E-state index in [9.17, 15) is 4.79 Å². The van der Waals surface area contributed by atoms with Crippen molar-refractivity contribution in [1.29, 1.82) is 0 Å². The van der Waals surface area contributed by atoms with Gasteiger partial charge in [-0.15, -0.1) is 0 Å². The van der Waals surface area contributed by atoms with Crippen LogP contribution in [0.1, 0.15) is 32.3 Å². The van der Waals surface area contributed by atoms with Gasteiger partial charge in [0.2, 0.25) is 0 Å². The molecule has 0 heterocycles. The second-order valence-electron chi connectivity index (χ2n) is 5.93. The first-order valence-electron chi connectivity index (χ1n) is 9.03. The molecule has 0 aromatic heterocycles. The second kappa shape index (κ2) is 11.2. The zero-order valence-corrected chi connectivity index (χ0v) is 15.4. The number of hydrogen-bond donors (Lipinski definition) is 1. The van der Waals surface area contributed by atoms with E-state index in [1.165, 1.54) is 18.4 Å². The minimum absolute atomic E-state index is 0.155. The molecule has 0 saturated heterocycles. The summed E-state index contributed by atoms with van der Waals surface area (Å²) in [5.41, 5.74) is 2.00. The Balaban J connectivity index is 1.61. The number of unbranched alkanes of at least 4 members (excludes halogenated alkanes) is 1. The number of para-hydroxylation sites is 1. The molecule has 0 radical (unpaired) electrons. The Kier molecular flexibility index (Phi) is 8.49. The van der Waals surface area contributed by atoms with Gasteiger partial charge < -0.3 is 14.2 Å². The molecule has 0 fully saturated rings. The Bertz CT molecular complexity index is 643. The molecule has 1 unspecified atom stereocenters. The summed E-state index contributed by atoms with van der Waals surface area (Å²) in [6, 6.07) is 17.2. The van der Waals surface area contributed by atoms with Gasteiger partial charge >= 0.3 is 6.09 Å². The van der Waals surface area contributed by atoms with E-state index in [1.807, 2.05) is 37.3 Å². The van der Waals surface area contributed by atoms with E-state index in [1.54, 1.807) is 12.1 Å². The van der Waals surface area contributed by atoms with Gasteiger partial charge in [-0.3, -0.25) is 5.32 Å². The van der Waals surface area contributed by atoms with Crippen molar-refractivity contribution in [3.05, 3.63) is 60.2 Å². The minimum Gasteiger partial charge on any atom is -0.465 e. The monoisotopic (exact) mass is 357 g/mol. The van der Waals surface area contributed by atoms with Gasteiger partial charge in [0.25, 0.3) is 0 Å². The molecule has 2 aromatic carbocycles. The highest BCUT2D eigenvalue weighted by molar-refractivity contribution is 5.84. The first-order chi connectivity index (χ1) is 12.7. The maximum atomic E-state index is 11.6. The standard InChI is InChI=1S/C21H27NO4/c1-3-4-8-18-11-13-20(14-12-18)26-17(2)24-15-16-25-21(23)22-19-9-6-5-7-10-19/h5-7,9-14,17H,3-4,8,15-16H2,1-2H3,(H,22,23). The van der Waals surface area contributed by atoms with Gasteiger partial charge in [0.15, 0.2) is 6.29 Å². The number of rotatable bonds is 10. The summed E-state index contributed by atoms with van der Waals surface area (Å²) < 4.78 is 16.3. The smallest absolute Gasteiger partial charge is 0.411 e. The number of nitrogens with one attached hydrogen (secondary N) is 1. The summed E-state index contributed by atoms with van der Waals surface area (Å²) in [6.45, 7) is 4.42. The van der Waals surface area contributed by atoms with Gasteiger partial charge in [-0.2, -0.15) is 0 Å². The van der Waals surface area contributed by atoms with E-state index in [4.69, 9.17) is 14.2 Å². The van der Waals surface area contributed by atoms with E-state index >= 15 is 0 Å². The van der Waals surface area contributed by atoms with Crippen LogP contribution in [0.3, 0.4) is 0 Å². The fourth-order valence-corrected chi connectivity index (χ4v) is 2.37. The largest absolute Gasteiger partial charge is 0.465 e. The van der Waals surface area contributed by atoms with Crippen LogP contribution in [0.25, 0.3) is 0 Å². The number of carbonyl (C=O) groups is 1. The van der Waals surface area contributed by atoms with Crippen molar-refractivity contribution in [1.82, 2.24) is 0 Å². The summed E-state index contributed by atoms with van der Waals surface area (Å²) in [7, 11) is 0. The zero-order chi connectivity index (χ0) is 18.6. The molecule has 0 spiro atoms. The maximum absolute atomic E-state index is 11.6. The van der Waals surface area contributed by atoms with E-state index in [0.29, 0.717) is 5.69 Å². The zero-order valence-electron chi connectivity index (χ0n) is 15.4. The molecule has 2 rings (SSSR count). The van der Waals surface area contributed by atoms with Gasteiger partial charge in [0.1, 0.15) is 12.4 Å². The van der Waals surface area contributed by atoms with E-state index in [0.717, 1.165) is 12.2 Å². The van der Waals surface area contributed by atoms with Crippen molar-refractivity contribution in [3.63, 3.8) is 0 Å². The van der Waals surface area contributed by atoms with Crippen LogP contribution in [0.4, 0.5) is 10.5 Å². The molecule has 26 heavy (non-hydrogen) atoms. The highest BCUT2D eigenvalue weighted by Crippen LogP contribution is 2.15. The Morgan fingerprint density at radius 3 is 2.46 bits per heavy atom. The predicted octanol–water partition coefficient (Wildman–Crippen LogP) is 5.02. The third-order valence-electron chi connectivity index (χ3n) is 3.73. The van der Waals surface area contributed by atoms with Crippen LogP contribution in [-0.4, -0.2) is 25.6 Å². The molecule has 2 aromatic rings. The molecule has 1 N–H and O–H groups in total. The predicted molar refractivity (Wildman–Crippen MR) is 103 cm³/mol. The average molecular weight is 357 g/mol. The van der Waals surface area contributed by atoms with Crippen molar-refractivity contribution >= 4 is 11.8 Å². The summed E-state index contributed by atoms with van der Waals surface area (Å²) in [4.78, 5) is 11.6. The molecule has 5 heteroatoms. The Hall–Kier alpha value is -2.53. The maximum Gasteiger partial charge on any atom is 0.411 e. The summed E-state index contributed by atoms with van der Waals surface area (Å²) in [5.74, 6) is 0.764. The van der Waals surface area contributed by atoms with Crippen LogP contribution < -0.4 is 10.1 Å². The quantitative estimate of drug-likeness (QED) is 0.479. The van der Waals surface area contributed by atoms with Crippen molar-refractivity contribution in [2.45, 2.75) is 39.4 Å². The number of benzene rings is 2. The van der Waals surface area contributed by atoms with Crippen molar-refractivity contribution < 1.29 is 19.0 Å². The molecule has 5 nitrogen and oxygen atoms in total. The number of aryl methyl sites for hydroxylation is 1. The highest BCUT2D eigenvalue weighted by atomic mass is 16.7. The molecule has 1 atom stereocenters. The lowest BCUT2D eigenvalue weighted by molar-refractivity contribution is -0.0765. The number of carbonyl (C=O) groups excluding carboxylic acids is 1. The van der Waals surface area contributed by atoms with Crippen LogP contribution >= 0.6 is 0 Å². The first-order valence-corrected chi connectivity index (χ1v) is 9.03. The molecule has 0 saturated carbocycles. The van der Waals surface area contributed by atoms with Crippen LogP contribution in [0.2, 0.25) is 0 Å². The van der Waals surface area contributed by atoms with E-state index in [2.05, 4.69) is 24.4 Å². The fraction of sp³-hybridized carbons (Fsp3) is 0.381. The Morgan fingerprint density at radius 1 is 1.04 bits per heavy atom. The molecule has 0 aliphatic carbocycles. The average Bonchev–Trinajstić information content (AvgIpc) is 2.65. The third-order valence-corrected chi connectivity index (χ3v) is 3.73. The number of anilines is 1. The molecule has 0 aliphatic rings. The summed E-state index contributed by atoms with van der Waals surface area (Å²) >= 11 is 0. The molecule has 0 bridgehead atoms. The van der Waals surface area contributed by atoms with Gasteiger partial charge in [0, 0.05) is 5.69 Å². The fourth-order valence-electron chi connectivity index (χ4n) is 2.37. The Labute approximate surface area is 155 Å². The molecular formula is C21H27NO4.